The number of esters is 1. The van der Waals surface area contributed by atoms with Gasteiger partial charge in [-0.1, -0.05) is 31.4 Å². The Kier molecular flexibility index (Phi) is 7.45. The average molecular weight is 427 g/mol. The van der Waals surface area contributed by atoms with Crippen molar-refractivity contribution in [3.05, 3.63) is 64.8 Å². The van der Waals surface area contributed by atoms with Gasteiger partial charge in [0, 0.05) is 34.2 Å². The van der Waals surface area contributed by atoms with E-state index in [-0.39, 0.29) is 6.03 Å². The number of benzene rings is 2. The zero-order chi connectivity index (χ0) is 21.3. The third-order valence-electron chi connectivity index (χ3n) is 4.41. The number of aromatic nitrogens is 1. The van der Waals surface area contributed by atoms with Crippen molar-refractivity contribution in [3.8, 4) is 5.75 Å². The van der Waals surface area contributed by atoms with Crippen molar-refractivity contribution in [2.24, 2.45) is 5.10 Å². The summed E-state index contributed by atoms with van der Waals surface area (Å²) in [5.74, 6) is -0.0727. The quantitative estimate of drug-likeness (QED) is 0.158. The number of nitrogens with one attached hydrogen (secondary N) is 3. The van der Waals surface area contributed by atoms with Crippen molar-refractivity contribution in [2.45, 2.75) is 26.2 Å². The molecule has 2 amide bonds. The van der Waals surface area contributed by atoms with Crippen LogP contribution in [0.25, 0.3) is 10.9 Å². The van der Waals surface area contributed by atoms with Gasteiger partial charge < -0.3 is 15.0 Å². The lowest BCUT2D eigenvalue weighted by Crippen LogP contribution is -2.32. The monoisotopic (exact) mass is 426 g/mol. The van der Waals surface area contributed by atoms with Crippen LogP contribution in [-0.2, 0) is 0 Å². The predicted molar refractivity (Wildman–Crippen MR) is 118 cm³/mol. The van der Waals surface area contributed by atoms with Gasteiger partial charge >= 0.3 is 12.0 Å². The van der Waals surface area contributed by atoms with Gasteiger partial charge in [-0.15, -0.1) is 0 Å². The number of hydrogen-bond donors (Lipinski definition) is 3. The van der Waals surface area contributed by atoms with Crippen molar-refractivity contribution in [1.29, 1.82) is 0 Å². The first-order valence-corrected chi connectivity index (χ1v) is 10.1. The normalized spacial score (nSPS) is 11.0. The Morgan fingerprint density at radius 2 is 1.97 bits per heavy atom. The van der Waals surface area contributed by atoms with Crippen molar-refractivity contribution in [1.82, 2.24) is 15.7 Å². The zero-order valence-electron chi connectivity index (χ0n) is 16.6. The van der Waals surface area contributed by atoms with Crippen molar-refractivity contribution in [2.75, 3.05) is 6.54 Å². The van der Waals surface area contributed by atoms with Gasteiger partial charge in [-0.2, -0.15) is 5.10 Å². The van der Waals surface area contributed by atoms with Crippen LogP contribution in [0.4, 0.5) is 4.79 Å². The Morgan fingerprint density at radius 1 is 1.17 bits per heavy atom. The second-order valence-electron chi connectivity index (χ2n) is 6.68. The Bertz CT molecular complexity index is 1040. The van der Waals surface area contributed by atoms with E-state index in [9.17, 15) is 9.59 Å². The zero-order valence-corrected chi connectivity index (χ0v) is 17.3. The van der Waals surface area contributed by atoms with E-state index >= 15 is 0 Å². The summed E-state index contributed by atoms with van der Waals surface area (Å²) in [6.07, 6.45) is 6.41. The van der Waals surface area contributed by atoms with E-state index in [0.717, 1.165) is 35.7 Å². The molecule has 2 aromatic carbocycles. The summed E-state index contributed by atoms with van der Waals surface area (Å²) in [6, 6.07) is 11.4. The number of nitrogens with zero attached hydrogens (tertiary/aromatic N) is 1. The molecule has 0 bridgehead atoms. The summed E-state index contributed by atoms with van der Waals surface area (Å²) in [5, 5.41) is 8.09. The summed E-state index contributed by atoms with van der Waals surface area (Å²) < 4.78 is 5.46. The first kappa shape index (κ1) is 21.4. The highest BCUT2D eigenvalue weighted by molar-refractivity contribution is 6.30. The maximum atomic E-state index is 12.3. The van der Waals surface area contributed by atoms with Gasteiger partial charge in [0.1, 0.15) is 5.75 Å². The van der Waals surface area contributed by atoms with Gasteiger partial charge in [0.05, 0.1) is 11.8 Å². The molecule has 0 aliphatic heterocycles. The van der Waals surface area contributed by atoms with Gasteiger partial charge in [-0.05, 0) is 48.9 Å². The molecule has 30 heavy (non-hydrogen) atoms. The molecule has 0 aliphatic rings. The van der Waals surface area contributed by atoms with E-state index in [1.54, 1.807) is 42.6 Å². The van der Waals surface area contributed by atoms with Crippen LogP contribution >= 0.6 is 11.6 Å². The van der Waals surface area contributed by atoms with Crippen LogP contribution < -0.4 is 15.5 Å². The SMILES string of the molecule is CCCCCNC(=O)N/N=C/c1c[nH]c2ccc(OC(=O)c3ccc(Cl)cc3)cc12. The average Bonchev–Trinajstić information content (AvgIpc) is 3.14. The molecule has 0 unspecified atom stereocenters. The number of urea groups is 1. The van der Waals surface area contributed by atoms with Crippen molar-refractivity contribution >= 4 is 40.7 Å². The van der Waals surface area contributed by atoms with Crippen LogP contribution in [0.15, 0.2) is 53.8 Å². The topological polar surface area (TPSA) is 95.6 Å². The fraction of sp³-hybridized carbons (Fsp3) is 0.227. The second-order valence-corrected chi connectivity index (χ2v) is 7.12. The van der Waals surface area contributed by atoms with Crippen molar-refractivity contribution < 1.29 is 14.3 Å². The standard InChI is InChI=1S/C22H23ClN4O3/c1-2-3-4-11-24-22(29)27-26-14-16-13-25-20-10-9-18(12-19(16)20)30-21(28)15-5-7-17(23)8-6-15/h5-10,12-14,25H,2-4,11H2,1H3,(H2,24,27,29)/b26-14+. The molecular weight excluding hydrogens is 404 g/mol. The van der Waals surface area contributed by atoms with Crippen LogP contribution in [0.1, 0.15) is 42.1 Å². The van der Waals surface area contributed by atoms with Gasteiger partial charge in [0.25, 0.3) is 0 Å². The molecule has 0 aliphatic carbocycles. The summed E-state index contributed by atoms with van der Waals surface area (Å²) in [4.78, 5) is 27.1. The third kappa shape index (κ3) is 5.84. The van der Waals surface area contributed by atoms with Crippen LogP contribution in [0.2, 0.25) is 5.02 Å². The van der Waals surface area contributed by atoms with Crippen molar-refractivity contribution in [3.63, 3.8) is 0 Å². The second kappa shape index (κ2) is 10.5. The van der Waals surface area contributed by atoms with E-state index in [0.29, 0.717) is 22.9 Å². The highest BCUT2D eigenvalue weighted by Crippen LogP contribution is 2.24. The number of H-pyrrole nitrogens is 1. The van der Waals surface area contributed by atoms with E-state index < -0.39 is 5.97 Å². The van der Waals surface area contributed by atoms with Gasteiger partial charge in [-0.3, -0.25) is 0 Å². The summed E-state index contributed by atoms with van der Waals surface area (Å²) in [6.45, 7) is 2.72. The lowest BCUT2D eigenvalue weighted by molar-refractivity contribution is 0.0735. The van der Waals surface area contributed by atoms with E-state index in [4.69, 9.17) is 16.3 Å². The van der Waals surface area contributed by atoms with Gasteiger partial charge in [-0.25, -0.2) is 15.0 Å². The molecule has 1 aromatic heterocycles. The van der Waals surface area contributed by atoms with Crippen LogP contribution in [0, 0.1) is 0 Å². The lowest BCUT2D eigenvalue weighted by Gasteiger charge is -2.05. The number of aromatic amines is 1. The number of rotatable bonds is 8. The minimum Gasteiger partial charge on any atom is -0.423 e. The Balaban J connectivity index is 1.63. The number of hydrazone groups is 1. The fourth-order valence-corrected chi connectivity index (χ4v) is 2.95. The molecule has 0 saturated carbocycles. The van der Waals surface area contributed by atoms with Gasteiger partial charge in [0.15, 0.2) is 0 Å². The highest BCUT2D eigenvalue weighted by atomic mass is 35.5. The van der Waals surface area contributed by atoms with E-state index in [1.165, 1.54) is 6.21 Å². The molecule has 8 heteroatoms. The number of hydrogen-bond acceptors (Lipinski definition) is 4. The smallest absolute Gasteiger partial charge is 0.343 e. The molecule has 3 rings (SSSR count). The molecule has 3 N–H and O–H groups in total. The fourth-order valence-electron chi connectivity index (χ4n) is 2.82. The molecule has 7 nitrogen and oxygen atoms in total. The Morgan fingerprint density at radius 3 is 2.73 bits per heavy atom. The maximum Gasteiger partial charge on any atom is 0.343 e. The number of fused-ring (bicyclic) bond motifs is 1. The number of carbonyl (C=O) groups is 2. The summed E-state index contributed by atoms with van der Waals surface area (Å²) >= 11 is 5.85. The first-order chi connectivity index (χ1) is 14.6. The minimum absolute atomic E-state index is 0.347. The maximum absolute atomic E-state index is 12.3. The summed E-state index contributed by atoms with van der Waals surface area (Å²) in [7, 11) is 0. The lowest BCUT2D eigenvalue weighted by atomic mass is 10.2. The van der Waals surface area contributed by atoms with E-state index in [1.807, 2.05) is 6.07 Å². The first-order valence-electron chi connectivity index (χ1n) is 9.72. The van der Waals surface area contributed by atoms with Crippen LogP contribution in [0.3, 0.4) is 0 Å². The molecule has 0 radical (unpaired) electrons. The number of unbranched alkanes of at least 4 members (excludes halogenated alkanes) is 2. The number of amides is 2. The molecule has 0 saturated heterocycles. The Labute approximate surface area is 179 Å². The number of carbonyl (C=O) groups excluding carboxylic acids is 2. The number of ether oxygens (including phenoxy) is 1. The van der Waals surface area contributed by atoms with Crippen LogP contribution in [0.5, 0.6) is 5.75 Å². The molecule has 0 spiro atoms. The van der Waals surface area contributed by atoms with E-state index in [2.05, 4.69) is 27.8 Å². The molecule has 0 fully saturated rings. The molecular formula is C22H23ClN4O3. The third-order valence-corrected chi connectivity index (χ3v) is 4.66. The summed E-state index contributed by atoms with van der Waals surface area (Å²) in [5.41, 5.74) is 4.46. The minimum atomic E-state index is -0.474. The van der Waals surface area contributed by atoms with Crippen LogP contribution in [-0.4, -0.2) is 29.7 Å². The van der Waals surface area contributed by atoms with Gasteiger partial charge in [0.2, 0.25) is 0 Å². The molecule has 3 aromatic rings. The molecule has 1 heterocycles. The Hall–Kier alpha value is -3.32. The molecule has 156 valence electrons. The highest BCUT2D eigenvalue weighted by Gasteiger charge is 2.10. The number of halogens is 1. The molecule has 0 atom stereocenters. The predicted octanol–water partition coefficient (Wildman–Crippen LogP) is 4.86. The largest absolute Gasteiger partial charge is 0.423 e.